The summed E-state index contributed by atoms with van der Waals surface area (Å²) in [7, 11) is 0. The van der Waals surface area contributed by atoms with Crippen molar-refractivity contribution in [2.45, 2.75) is 51.5 Å². The number of carboxylic acids is 1. The third kappa shape index (κ3) is 6.26. The van der Waals surface area contributed by atoms with Gasteiger partial charge in [-0.3, -0.25) is 9.69 Å². The highest BCUT2D eigenvalue weighted by Gasteiger charge is 2.38. The molecule has 2 aromatic rings. The number of carboxylic acid groups (broad SMARTS) is 1. The molecule has 0 aromatic heterocycles. The number of aromatic hydroxyl groups is 1. The largest absolute Gasteiger partial charge is 0.508 e. The molecule has 6 nitrogen and oxygen atoms in total. The van der Waals surface area contributed by atoms with Gasteiger partial charge in [-0.1, -0.05) is 69.7 Å². The van der Waals surface area contributed by atoms with Crippen molar-refractivity contribution in [2.75, 3.05) is 19.6 Å². The van der Waals surface area contributed by atoms with Gasteiger partial charge in [0.05, 0.1) is 0 Å². The molecule has 0 aliphatic carbocycles. The number of carbonyl (C=O) groups is 2. The van der Waals surface area contributed by atoms with E-state index in [2.05, 4.69) is 30.1 Å². The van der Waals surface area contributed by atoms with Gasteiger partial charge in [0.1, 0.15) is 11.8 Å². The summed E-state index contributed by atoms with van der Waals surface area (Å²) in [6, 6.07) is 16.2. The summed E-state index contributed by atoms with van der Waals surface area (Å²) >= 11 is 0. The van der Waals surface area contributed by atoms with Gasteiger partial charge in [-0.15, -0.1) is 0 Å². The first kappa shape index (κ1) is 25.5. The fraction of sp³-hybridized carbons (Fsp3) is 0.429. The molecule has 6 heteroatoms. The number of phenols is 1. The van der Waals surface area contributed by atoms with Gasteiger partial charge in [-0.05, 0) is 60.1 Å². The number of phenolic OH excluding ortho intramolecular Hbond substituents is 1. The monoisotopic (exact) mass is 464 g/mol. The molecule has 182 valence electrons. The number of hydrogen-bond acceptors (Lipinski definition) is 4. The predicted octanol–water partition coefficient (Wildman–Crippen LogP) is 4.44. The maximum absolute atomic E-state index is 13.2. The molecule has 3 atom stereocenters. The molecule has 1 aliphatic heterocycles. The number of carbonyl (C=O) groups excluding carboxylic acids is 1. The molecule has 2 aromatic carbocycles. The van der Waals surface area contributed by atoms with Gasteiger partial charge in [0.25, 0.3) is 0 Å². The van der Waals surface area contributed by atoms with E-state index in [1.165, 1.54) is 0 Å². The molecule has 1 amide bonds. The second-order valence-electron chi connectivity index (χ2n) is 9.59. The van der Waals surface area contributed by atoms with Crippen LogP contribution in [-0.2, 0) is 15.0 Å². The first-order chi connectivity index (χ1) is 16.2. The number of nitrogens with one attached hydrogen (secondary N) is 1. The second kappa shape index (κ2) is 11.3. The molecule has 1 heterocycles. The Morgan fingerprint density at radius 3 is 2.56 bits per heavy atom. The topological polar surface area (TPSA) is 89.9 Å². The van der Waals surface area contributed by atoms with Crippen molar-refractivity contribution in [3.05, 3.63) is 71.3 Å². The van der Waals surface area contributed by atoms with Crippen LogP contribution in [0, 0.1) is 5.92 Å². The zero-order valence-corrected chi connectivity index (χ0v) is 20.3. The molecule has 0 spiro atoms. The van der Waals surface area contributed by atoms with Gasteiger partial charge >= 0.3 is 5.97 Å². The molecule has 1 fully saturated rings. The Balaban J connectivity index is 1.78. The summed E-state index contributed by atoms with van der Waals surface area (Å²) in [6.45, 7) is 8.38. The van der Waals surface area contributed by atoms with Gasteiger partial charge in [0.2, 0.25) is 5.91 Å². The number of hydrogen-bond donors (Lipinski definition) is 3. The quantitative estimate of drug-likeness (QED) is 0.477. The minimum absolute atomic E-state index is 0.0731. The van der Waals surface area contributed by atoms with Crippen molar-refractivity contribution < 1.29 is 19.8 Å². The molecule has 0 bridgehead atoms. The van der Waals surface area contributed by atoms with Gasteiger partial charge in [0, 0.05) is 18.7 Å². The third-order valence-corrected chi connectivity index (χ3v) is 7.08. The van der Waals surface area contributed by atoms with Gasteiger partial charge in [-0.2, -0.15) is 0 Å². The highest BCUT2D eigenvalue weighted by atomic mass is 16.4. The highest BCUT2D eigenvalue weighted by Crippen LogP contribution is 2.40. The lowest BCUT2D eigenvalue weighted by atomic mass is 9.68. The van der Waals surface area contributed by atoms with Crippen molar-refractivity contribution in [2.24, 2.45) is 5.92 Å². The summed E-state index contributed by atoms with van der Waals surface area (Å²) in [4.78, 5) is 27.1. The van der Waals surface area contributed by atoms with Gasteiger partial charge in [0.15, 0.2) is 0 Å². The smallest absolute Gasteiger partial charge is 0.326 e. The summed E-state index contributed by atoms with van der Waals surface area (Å²) in [5.41, 5.74) is 2.52. The van der Waals surface area contributed by atoms with Crippen LogP contribution in [0.1, 0.15) is 51.2 Å². The molecule has 1 aliphatic rings. The maximum Gasteiger partial charge on any atom is 0.326 e. The van der Waals surface area contributed by atoms with E-state index in [4.69, 9.17) is 0 Å². The average Bonchev–Trinajstić information content (AvgIpc) is 2.81. The molecule has 3 rings (SSSR count). The molecule has 0 saturated carbocycles. The molecule has 34 heavy (non-hydrogen) atoms. The Morgan fingerprint density at radius 2 is 1.94 bits per heavy atom. The molecular weight excluding hydrogens is 428 g/mol. The van der Waals surface area contributed by atoms with E-state index >= 15 is 0 Å². The molecule has 3 unspecified atom stereocenters. The van der Waals surface area contributed by atoms with Crippen LogP contribution in [0.15, 0.2) is 60.2 Å². The number of rotatable bonds is 9. The van der Waals surface area contributed by atoms with E-state index in [1.54, 1.807) is 6.07 Å². The minimum atomic E-state index is -1.01. The molecule has 1 saturated heterocycles. The van der Waals surface area contributed by atoms with E-state index in [1.807, 2.05) is 55.5 Å². The average molecular weight is 465 g/mol. The summed E-state index contributed by atoms with van der Waals surface area (Å²) < 4.78 is 0. The third-order valence-electron chi connectivity index (χ3n) is 7.08. The van der Waals surface area contributed by atoms with E-state index in [0.717, 1.165) is 30.6 Å². The van der Waals surface area contributed by atoms with E-state index < -0.39 is 12.0 Å². The van der Waals surface area contributed by atoms with Crippen LogP contribution in [0.5, 0.6) is 5.75 Å². The SMILES string of the molecule is CCCC(NC(=O)/C(=C/c1ccccc1)CN1CCC(C)(c2cccc(O)c2)C(C)C1)C(=O)O. The van der Waals surface area contributed by atoms with Gasteiger partial charge < -0.3 is 15.5 Å². The molecule has 3 N–H and O–H groups in total. The summed E-state index contributed by atoms with van der Waals surface area (Å²) in [6.07, 6.45) is 3.81. The van der Waals surface area contributed by atoms with Crippen LogP contribution >= 0.6 is 0 Å². The molecule has 0 radical (unpaired) electrons. The first-order valence-electron chi connectivity index (χ1n) is 12.0. The lowest BCUT2D eigenvalue weighted by Crippen LogP contribution is -2.49. The summed E-state index contributed by atoms with van der Waals surface area (Å²) in [5.74, 6) is -0.768. The minimum Gasteiger partial charge on any atom is -0.508 e. The Labute approximate surface area is 202 Å². The number of piperidine rings is 1. The number of amides is 1. The Morgan fingerprint density at radius 1 is 1.21 bits per heavy atom. The fourth-order valence-corrected chi connectivity index (χ4v) is 4.72. The Hall–Kier alpha value is -3.12. The lowest BCUT2D eigenvalue weighted by molar-refractivity contribution is -0.141. The van der Waals surface area contributed by atoms with Gasteiger partial charge in [-0.25, -0.2) is 4.79 Å². The van der Waals surface area contributed by atoms with Crippen LogP contribution in [0.25, 0.3) is 6.08 Å². The summed E-state index contributed by atoms with van der Waals surface area (Å²) in [5, 5.41) is 22.2. The molecular formula is C28H36N2O4. The first-order valence-corrected chi connectivity index (χ1v) is 12.0. The van der Waals surface area contributed by atoms with Crippen molar-refractivity contribution in [1.82, 2.24) is 10.2 Å². The lowest BCUT2D eigenvalue weighted by Gasteiger charge is -2.45. The fourth-order valence-electron chi connectivity index (χ4n) is 4.72. The highest BCUT2D eigenvalue weighted by molar-refractivity contribution is 6.00. The van der Waals surface area contributed by atoms with Crippen molar-refractivity contribution in [3.8, 4) is 5.75 Å². The Bertz CT molecular complexity index is 1020. The van der Waals surface area contributed by atoms with Crippen molar-refractivity contribution >= 4 is 18.0 Å². The van der Waals surface area contributed by atoms with E-state index in [9.17, 15) is 19.8 Å². The standard InChI is InChI=1S/C28H36N2O4/c1-4-9-25(27(33)34)29-26(32)22(16-21-10-6-5-7-11-21)19-30-15-14-28(3,20(2)18-30)23-12-8-13-24(31)17-23/h5-8,10-13,16-17,20,25,31H,4,9,14-15,18-19H2,1-3H3,(H,29,32)(H,33,34)/b22-16+. The van der Waals surface area contributed by atoms with Crippen LogP contribution in [0.3, 0.4) is 0 Å². The predicted molar refractivity (Wildman–Crippen MR) is 135 cm³/mol. The zero-order chi connectivity index (χ0) is 24.7. The van der Waals surface area contributed by atoms with E-state index in [-0.39, 0.29) is 17.1 Å². The number of benzene rings is 2. The Kier molecular flexibility index (Phi) is 8.51. The normalized spacial score (nSPS) is 22.2. The zero-order valence-electron chi connectivity index (χ0n) is 20.3. The van der Waals surface area contributed by atoms with Crippen LogP contribution in [-0.4, -0.2) is 52.7 Å². The van der Waals surface area contributed by atoms with Crippen LogP contribution in [0.4, 0.5) is 0 Å². The van der Waals surface area contributed by atoms with Crippen LogP contribution in [0.2, 0.25) is 0 Å². The van der Waals surface area contributed by atoms with Crippen molar-refractivity contribution in [3.63, 3.8) is 0 Å². The van der Waals surface area contributed by atoms with E-state index in [0.29, 0.717) is 30.9 Å². The number of aliphatic carboxylic acids is 1. The van der Waals surface area contributed by atoms with Crippen LogP contribution < -0.4 is 5.32 Å². The van der Waals surface area contributed by atoms with Crippen molar-refractivity contribution in [1.29, 1.82) is 0 Å². The second-order valence-corrected chi connectivity index (χ2v) is 9.59. The number of likely N-dealkylation sites (tertiary alicyclic amines) is 1. The number of nitrogens with zero attached hydrogens (tertiary/aromatic N) is 1. The maximum atomic E-state index is 13.2.